The Labute approximate surface area is 192 Å². The smallest absolute Gasteiger partial charge is 0.412 e. The fourth-order valence-corrected chi connectivity index (χ4v) is 3.93. The molecule has 0 fully saturated rings. The standard InChI is InChI=1S/C27H24N2O4/c1-18-25(28-27(30)32-16-19-5-3-2-4-6-19)26(33-29-18)21-9-7-20(8-10-21)22-11-12-24-17-31-14-13-23(24)15-22/h2-12,15H,13-14,16-17H2,1H3,(H,28,30). The second-order valence-corrected chi connectivity index (χ2v) is 8.02. The average molecular weight is 440 g/mol. The van der Waals surface area contributed by atoms with Crippen LogP contribution in [0.15, 0.2) is 77.3 Å². The van der Waals surface area contributed by atoms with Crippen molar-refractivity contribution in [1.29, 1.82) is 0 Å². The third-order valence-electron chi connectivity index (χ3n) is 5.76. The third kappa shape index (κ3) is 4.66. The second-order valence-electron chi connectivity index (χ2n) is 8.02. The van der Waals surface area contributed by atoms with Gasteiger partial charge in [-0.1, -0.05) is 78.0 Å². The summed E-state index contributed by atoms with van der Waals surface area (Å²) in [6, 6.07) is 24.1. The number of anilines is 1. The molecular formula is C27H24N2O4. The molecule has 1 aromatic heterocycles. The minimum Gasteiger partial charge on any atom is -0.444 e. The number of nitrogens with zero attached hydrogens (tertiary/aromatic N) is 1. The second kappa shape index (κ2) is 9.30. The van der Waals surface area contributed by atoms with Crippen molar-refractivity contribution >= 4 is 11.8 Å². The minimum atomic E-state index is -0.555. The lowest BCUT2D eigenvalue weighted by Gasteiger charge is -2.17. The quantitative estimate of drug-likeness (QED) is 0.404. The van der Waals surface area contributed by atoms with Crippen molar-refractivity contribution < 1.29 is 18.8 Å². The van der Waals surface area contributed by atoms with Gasteiger partial charge in [0.1, 0.15) is 18.0 Å². The van der Waals surface area contributed by atoms with Crippen LogP contribution in [0.1, 0.15) is 22.4 Å². The van der Waals surface area contributed by atoms with E-state index in [1.165, 1.54) is 16.7 Å². The number of carbonyl (C=O) groups excluding carboxylic acids is 1. The van der Waals surface area contributed by atoms with Gasteiger partial charge in [0.15, 0.2) is 5.76 Å². The Balaban J connectivity index is 1.31. The van der Waals surface area contributed by atoms with Gasteiger partial charge >= 0.3 is 6.09 Å². The van der Waals surface area contributed by atoms with Gasteiger partial charge in [0.25, 0.3) is 0 Å². The lowest BCUT2D eigenvalue weighted by Crippen LogP contribution is -2.14. The Morgan fingerprint density at radius 1 is 0.970 bits per heavy atom. The summed E-state index contributed by atoms with van der Waals surface area (Å²) in [5.41, 5.74) is 7.71. The van der Waals surface area contributed by atoms with E-state index in [1.54, 1.807) is 6.92 Å². The fraction of sp³-hybridized carbons (Fsp3) is 0.185. The fourth-order valence-electron chi connectivity index (χ4n) is 3.93. The maximum Gasteiger partial charge on any atom is 0.412 e. The molecule has 4 aromatic rings. The van der Waals surface area contributed by atoms with E-state index < -0.39 is 6.09 Å². The highest BCUT2D eigenvalue weighted by molar-refractivity contribution is 5.90. The van der Waals surface area contributed by atoms with Crippen molar-refractivity contribution in [2.24, 2.45) is 0 Å². The van der Waals surface area contributed by atoms with Crippen molar-refractivity contribution in [3.05, 3.63) is 95.2 Å². The first-order valence-corrected chi connectivity index (χ1v) is 10.9. The number of hydrogen-bond donors (Lipinski definition) is 1. The summed E-state index contributed by atoms with van der Waals surface area (Å²) in [6.45, 7) is 3.42. The van der Waals surface area contributed by atoms with Crippen molar-refractivity contribution in [1.82, 2.24) is 5.16 Å². The molecule has 0 saturated heterocycles. The predicted molar refractivity (Wildman–Crippen MR) is 126 cm³/mol. The van der Waals surface area contributed by atoms with Crippen LogP contribution in [0, 0.1) is 6.92 Å². The number of carbonyl (C=O) groups is 1. The number of aryl methyl sites for hydroxylation is 1. The van der Waals surface area contributed by atoms with E-state index in [0.717, 1.165) is 29.7 Å². The molecule has 0 aliphatic carbocycles. The van der Waals surface area contributed by atoms with Gasteiger partial charge in [-0.15, -0.1) is 0 Å². The maximum atomic E-state index is 12.4. The molecule has 5 rings (SSSR count). The summed E-state index contributed by atoms with van der Waals surface area (Å²) in [7, 11) is 0. The average Bonchev–Trinajstić information content (AvgIpc) is 3.23. The summed E-state index contributed by atoms with van der Waals surface area (Å²) < 4.78 is 16.4. The molecule has 1 amide bonds. The van der Waals surface area contributed by atoms with Gasteiger partial charge in [-0.3, -0.25) is 5.32 Å². The molecule has 3 aromatic carbocycles. The molecule has 0 radical (unpaired) electrons. The molecule has 0 saturated carbocycles. The monoisotopic (exact) mass is 440 g/mol. The molecule has 33 heavy (non-hydrogen) atoms. The first-order valence-electron chi connectivity index (χ1n) is 10.9. The van der Waals surface area contributed by atoms with Crippen LogP contribution in [-0.4, -0.2) is 17.9 Å². The number of nitrogens with one attached hydrogen (secondary N) is 1. The zero-order valence-corrected chi connectivity index (χ0v) is 18.3. The molecule has 1 N–H and O–H groups in total. The molecule has 0 atom stereocenters. The number of ether oxygens (including phenoxy) is 2. The molecule has 6 nitrogen and oxygen atoms in total. The lowest BCUT2D eigenvalue weighted by atomic mass is 9.96. The Morgan fingerprint density at radius 2 is 1.73 bits per heavy atom. The number of aromatic nitrogens is 1. The number of hydrogen-bond acceptors (Lipinski definition) is 5. The van der Waals surface area contributed by atoms with Crippen LogP contribution in [0.25, 0.3) is 22.5 Å². The Hall–Kier alpha value is -3.90. The zero-order valence-electron chi connectivity index (χ0n) is 18.3. The van der Waals surface area contributed by atoms with Gasteiger partial charge in [0, 0.05) is 5.56 Å². The summed E-state index contributed by atoms with van der Waals surface area (Å²) in [5.74, 6) is 0.498. The largest absolute Gasteiger partial charge is 0.444 e. The summed E-state index contributed by atoms with van der Waals surface area (Å²) in [6.07, 6.45) is 0.384. The summed E-state index contributed by atoms with van der Waals surface area (Å²) >= 11 is 0. The molecule has 0 unspecified atom stereocenters. The minimum absolute atomic E-state index is 0.188. The molecule has 1 aliphatic rings. The molecule has 166 valence electrons. The highest BCUT2D eigenvalue weighted by Gasteiger charge is 2.18. The van der Waals surface area contributed by atoms with Crippen molar-refractivity contribution in [2.45, 2.75) is 26.6 Å². The van der Waals surface area contributed by atoms with Crippen LogP contribution >= 0.6 is 0 Å². The van der Waals surface area contributed by atoms with Gasteiger partial charge < -0.3 is 14.0 Å². The SMILES string of the molecule is Cc1noc(-c2ccc(-c3ccc4c(c3)CCOC4)cc2)c1NC(=O)OCc1ccccc1. The molecule has 0 bridgehead atoms. The van der Waals surface area contributed by atoms with E-state index in [4.69, 9.17) is 14.0 Å². The zero-order chi connectivity index (χ0) is 22.6. The van der Waals surface area contributed by atoms with Crippen molar-refractivity contribution in [2.75, 3.05) is 11.9 Å². The molecule has 1 aliphatic heterocycles. The molecule has 6 heteroatoms. The van der Waals surface area contributed by atoms with Crippen LogP contribution < -0.4 is 5.32 Å². The topological polar surface area (TPSA) is 73.6 Å². The van der Waals surface area contributed by atoms with Gasteiger partial charge in [0.05, 0.1) is 13.2 Å². The highest BCUT2D eigenvalue weighted by Crippen LogP contribution is 2.33. The van der Waals surface area contributed by atoms with Crippen LogP contribution in [0.4, 0.5) is 10.5 Å². The van der Waals surface area contributed by atoms with E-state index in [0.29, 0.717) is 23.7 Å². The number of benzene rings is 3. The van der Waals surface area contributed by atoms with Gasteiger partial charge in [-0.25, -0.2) is 4.79 Å². The van der Waals surface area contributed by atoms with Crippen LogP contribution in [0.5, 0.6) is 0 Å². The molecule has 2 heterocycles. The molecular weight excluding hydrogens is 416 g/mol. The van der Waals surface area contributed by atoms with Crippen LogP contribution in [-0.2, 0) is 29.1 Å². The van der Waals surface area contributed by atoms with E-state index in [9.17, 15) is 4.79 Å². The van der Waals surface area contributed by atoms with Gasteiger partial charge in [-0.05, 0) is 41.2 Å². The first-order chi connectivity index (χ1) is 16.2. The Bertz CT molecular complexity index is 1260. The summed E-state index contributed by atoms with van der Waals surface area (Å²) in [4.78, 5) is 12.4. The van der Waals surface area contributed by atoms with E-state index in [1.807, 2.05) is 54.6 Å². The number of rotatable bonds is 5. The van der Waals surface area contributed by atoms with Crippen LogP contribution in [0.2, 0.25) is 0 Å². The van der Waals surface area contributed by atoms with E-state index in [-0.39, 0.29) is 6.61 Å². The van der Waals surface area contributed by atoms with E-state index >= 15 is 0 Å². The predicted octanol–water partition coefficient (Wildman–Crippen LogP) is 6.14. The number of amides is 1. The summed E-state index contributed by atoms with van der Waals surface area (Å²) in [5, 5.41) is 6.81. The first kappa shape index (κ1) is 21.0. The molecule has 0 spiro atoms. The normalized spacial score (nSPS) is 12.8. The third-order valence-corrected chi connectivity index (χ3v) is 5.76. The number of fused-ring (bicyclic) bond motifs is 1. The van der Waals surface area contributed by atoms with Crippen molar-refractivity contribution in [3.8, 4) is 22.5 Å². The van der Waals surface area contributed by atoms with Gasteiger partial charge in [-0.2, -0.15) is 0 Å². The van der Waals surface area contributed by atoms with Crippen molar-refractivity contribution in [3.63, 3.8) is 0 Å². The Kier molecular flexibility index (Phi) is 5.91. The maximum absolute atomic E-state index is 12.4. The lowest BCUT2D eigenvalue weighted by molar-refractivity contribution is 0.111. The van der Waals surface area contributed by atoms with Crippen LogP contribution in [0.3, 0.4) is 0 Å². The van der Waals surface area contributed by atoms with E-state index in [2.05, 4.69) is 28.7 Å². The highest BCUT2D eigenvalue weighted by atomic mass is 16.5. The Morgan fingerprint density at radius 3 is 2.55 bits per heavy atom. The van der Waals surface area contributed by atoms with Gasteiger partial charge in [0.2, 0.25) is 0 Å².